The molecular weight excluding hydrogens is 218 g/mol. The van der Waals surface area contributed by atoms with Crippen LogP contribution in [0.25, 0.3) is 0 Å². The molecule has 1 N–H and O–H groups in total. The molecule has 0 aromatic carbocycles. The minimum atomic E-state index is -1.44. The van der Waals surface area contributed by atoms with Gasteiger partial charge in [-0.3, -0.25) is 0 Å². The topological polar surface area (TPSA) is 60.4 Å². The van der Waals surface area contributed by atoms with E-state index in [9.17, 15) is 0 Å². The van der Waals surface area contributed by atoms with Crippen LogP contribution in [0.2, 0.25) is 0 Å². The van der Waals surface area contributed by atoms with Gasteiger partial charge in [0.25, 0.3) is 0 Å². The van der Waals surface area contributed by atoms with Gasteiger partial charge >= 0.3 is 24.4 Å². The van der Waals surface area contributed by atoms with E-state index in [4.69, 9.17) is 15.0 Å². The monoisotopic (exact) mass is 224 g/mol. The number of aliphatic carboxylic acids is 1. The van der Waals surface area contributed by atoms with E-state index < -0.39 is 12.6 Å². The van der Waals surface area contributed by atoms with Gasteiger partial charge in [-0.1, -0.05) is 0 Å². The largest absolute Gasteiger partial charge is 3.00 e. The van der Waals surface area contributed by atoms with Crippen molar-refractivity contribution in [2.75, 3.05) is 6.61 Å². The fraction of sp³-hybridized carbons (Fsp3) is 0.250. The van der Waals surface area contributed by atoms with E-state index in [1.54, 1.807) is 0 Å². The Kier molecular flexibility index (Phi) is 30.9. The second-order valence-corrected chi connectivity index (χ2v) is 0.530. The van der Waals surface area contributed by atoms with Crippen molar-refractivity contribution >= 4 is 30.4 Å². The van der Waals surface area contributed by atoms with Gasteiger partial charge in [0.1, 0.15) is 0 Å². The molecule has 0 aliphatic rings. The van der Waals surface area contributed by atoms with Crippen LogP contribution in [0.5, 0.6) is 0 Å². The van der Waals surface area contributed by atoms with Crippen LogP contribution in [0.3, 0.4) is 0 Å². The van der Waals surface area contributed by atoms with Crippen LogP contribution in [0.1, 0.15) is 0 Å². The Morgan fingerprint density at radius 3 is 1.75 bits per heavy atom. The molecule has 3 nitrogen and oxygen atoms in total. The van der Waals surface area contributed by atoms with Crippen molar-refractivity contribution in [3.63, 3.8) is 0 Å². The zero-order valence-corrected chi connectivity index (χ0v) is 6.89. The molecule has 0 heterocycles. The normalized spacial score (nSPS) is 5.12. The summed E-state index contributed by atoms with van der Waals surface area (Å²) in [5, 5.41) is 16.5. The molecule has 2 radical (unpaired) electrons. The van der Waals surface area contributed by atoms with Gasteiger partial charge in [0.2, 0.25) is 0 Å². The first-order valence-corrected chi connectivity index (χ1v) is 1.58. The van der Waals surface area contributed by atoms with Gasteiger partial charge in [0.15, 0.2) is 0 Å². The first kappa shape index (κ1) is 15.7. The minimum absolute atomic E-state index is 0. The van der Waals surface area contributed by atoms with Crippen LogP contribution >= 0.6 is 0 Å². The third kappa shape index (κ3) is 37.7. The second-order valence-electron chi connectivity index (χ2n) is 0.530. The molecule has 0 saturated carbocycles. The van der Waals surface area contributed by atoms with Crippen molar-refractivity contribution < 1.29 is 15.0 Å². The SMILES string of the molecule is C=C.O=C([O-])CO.[Sb+3]. The molecule has 4 heteroatoms. The van der Waals surface area contributed by atoms with E-state index in [-0.39, 0.29) is 24.4 Å². The maximum atomic E-state index is 9.01. The smallest absolute Gasteiger partial charge is 0.548 e. The number of aliphatic hydroxyl groups excluding tert-OH is 1. The molecule has 0 bridgehead atoms. The molecule has 0 aromatic rings. The Morgan fingerprint density at radius 1 is 1.62 bits per heavy atom. The number of aliphatic hydroxyl groups is 1. The van der Waals surface area contributed by atoms with E-state index in [1.807, 2.05) is 0 Å². The summed E-state index contributed by atoms with van der Waals surface area (Å²) in [4.78, 5) is 9.01. The Labute approximate surface area is 65.5 Å². The summed E-state index contributed by atoms with van der Waals surface area (Å²) in [5.41, 5.74) is 0. The van der Waals surface area contributed by atoms with Gasteiger partial charge in [-0.15, -0.1) is 13.2 Å². The van der Waals surface area contributed by atoms with Crippen molar-refractivity contribution in [3.05, 3.63) is 13.2 Å². The third-order valence-electron chi connectivity index (χ3n) is 0.129. The van der Waals surface area contributed by atoms with Crippen LogP contribution in [-0.4, -0.2) is 42.1 Å². The molecule has 0 aliphatic carbocycles. The molecule has 44 valence electrons. The molecule has 0 unspecified atom stereocenters. The van der Waals surface area contributed by atoms with Gasteiger partial charge in [0, 0.05) is 0 Å². The van der Waals surface area contributed by atoms with Crippen molar-refractivity contribution in [1.82, 2.24) is 0 Å². The number of carboxylic acids is 1. The molecule has 0 atom stereocenters. The Bertz CT molecular complexity index is 55.2. The first-order chi connectivity index (χ1) is 3.27. The number of carboxylic acid groups (broad SMARTS) is 1. The maximum Gasteiger partial charge on any atom is 3.00 e. The van der Waals surface area contributed by atoms with Crippen LogP contribution in [0.15, 0.2) is 13.2 Å². The molecule has 0 spiro atoms. The average Bonchev–Trinajstić information content (AvgIpc) is 1.73. The van der Waals surface area contributed by atoms with Gasteiger partial charge in [0.05, 0.1) is 12.6 Å². The van der Waals surface area contributed by atoms with Crippen molar-refractivity contribution in [1.29, 1.82) is 0 Å². The third-order valence-corrected chi connectivity index (χ3v) is 0.129. The molecule has 0 fully saturated rings. The zero-order chi connectivity index (χ0) is 6.28. The van der Waals surface area contributed by atoms with E-state index in [1.165, 1.54) is 0 Å². The van der Waals surface area contributed by atoms with Gasteiger partial charge < -0.3 is 15.0 Å². The molecule has 0 rings (SSSR count). The molecule has 8 heavy (non-hydrogen) atoms. The van der Waals surface area contributed by atoms with Gasteiger partial charge in [-0.05, 0) is 0 Å². The summed E-state index contributed by atoms with van der Waals surface area (Å²) < 4.78 is 0. The molecule has 0 aliphatic heterocycles. The van der Waals surface area contributed by atoms with E-state index in [2.05, 4.69) is 13.2 Å². The number of carbonyl (C=O) groups excluding carboxylic acids is 1. The average molecular weight is 225 g/mol. The van der Waals surface area contributed by atoms with Crippen LogP contribution < -0.4 is 5.11 Å². The predicted octanol–water partition coefficient (Wildman–Crippen LogP) is -1.85. The minimum Gasteiger partial charge on any atom is -0.548 e. The number of carbonyl (C=O) groups is 1. The van der Waals surface area contributed by atoms with Crippen molar-refractivity contribution in [3.8, 4) is 0 Å². The molecule has 0 aromatic heterocycles. The quantitative estimate of drug-likeness (QED) is 0.420. The van der Waals surface area contributed by atoms with E-state index in [0.29, 0.717) is 0 Å². The summed E-state index contributed by atoms with van der Waals surface area (Å²) in [5.74, 6) is -1.44. The fourth-order valence-corrected chi connectivity index (χ4v) is 0. The fourth-order valence-electron chi connectivity index (χ4n) is 0. The van der Waals surface area contributed by atoms with Crippen LogP contribution in [-0.2, 0) is 4.79 Å². The Hall–Kier alpha value is -0.0118. The number of rotatable bonds is 1. The second kappa shape index (κ2) is 15.8. The summed E-state index contributed by atoms with van der Waals surface area (Å²) in [6, 6.07) is 0. The van der Waals surface area contributed by atoms with Crippen LogP contribution in [0, 0.1) is 0 Å². The Balaban J connectivity index is -0.0000000750. The van der Waals surface area contributed by atoms with Crippen LogP contribution in [0.4, 0.5) is 0 Å². The summed E-state index contributed by atoms with van der Waals surface area (Å²) >= 11 is 0. The van der Waals surface area contributed by atoms with E-state index >= 15 is 0 Å². The van der Waals surface area contributed by atoms with Gasteiger partial charge in [-0.25, -0.2) is 0 Å². The van der Waals surface area contributed by atoms with Crippen molar-refractivity contribution in [2.45, 2.75) is 0 Å². The first-order valence-electron chi connectivity index (χ1n) is 1.58. The standard InChI is InChI=1S/C2H4O3.C2H4.Sb/c3-1-2(4)5;1-2;/h3H,1H2,(H,4,5);1-2H2;/q;;+3/p-1. The number of hydrogen-bond acceptors (Lipinski definition) is 3. The summed E-state index contributed by atoms with van der Waals surface area (Å²) in [7, 11) is 0. The zero-order valence-electron chi connectivity index (χ0n) is 4.33. The summed E-state index contributed by atoms with van der Waals surface area (Å²) in [6.45, 7) is 5.11. The molecular formula is C4H7O3Sb+2. The summed E-state index contributed by atoms with van der Waals surface area (Å²) in [6.07, 6.45) is 0. The van der Waals surface area contributed by atoms with Gasteiger partial charge in [-0.2, -0.15) is 0 Å². The predicted molar refractivity (Wildman–Crippen MR) is 29.1 cm³/mol. The number of hydrogen-bond donors (Lipinski definition) is 1. The van der Waals surface area contributed by atoms with E-state index in [0.717, 1.165) is 0 Å². The molecule has 0 saturated heterocycles. The molecule has 0 amide bonds. The van der Waals surface area contributed by atoms with Crippen molar-refractivity contribution in [2.24, 2.45) is 0 Å². The maximum absolute atomic E-state index is 9.01. The Morgan fingerprint density at radius 2 is 1.75 bits per heavy atom.